The Morgan fingerprint density at radius 1 is 1.42 bits per heavy atom. The van der Waals surface area contributed by atoms with Gasteiger partial charge in [0.1, 0.15) is 10.5 Å². The average molecular weight is 335 g/mol. The second kappa shape index (κ2) is 7.12. The molecule has 128 valence electrons. The molecule has 0 aliphatic heterocycles. The highest BCUT2D eigenvalue weighted by Gasteiger charge is 2.35. The van der Waals surface area contributed by atoms with E-state index in [1.165, 1.54) is 6.92 Å². The van der Waals surface area contributed by atoms with Crippen LogP contribution >= 0.6 is 0 Å². The summed E-state index contributed by atoms with van der Waals surface area (Å²) in [7, 11) is 0. The van der Waals surface area contributed by atoms with E-state index in [0.29, 0.717) is 12.8 Å². The van der Waals surface area contributed by atoms with E-state index in [0.717, 1.165) is 31.4 Å². The third-order valence-corrected chi connectivity index (χ3v) is 3.91. The minimum atomic E-state index is -1.16. The number of furan rings is 1. The van der Waals surface area contributed by atoms with Crippen molar-refractivity contribution in [2.45, 2.75) is 50.7 Å². The van der Waals surface area contributed by atoms with Crippen LogP contribution in [0.3, 0.4) is 0 Å². The Labute approximate surface area is 137 Å². The quantitative estimate of drug-likeness (QED) is 0.494. The zero-order valence-electron chi connectivity index (χ0n) is 13.1. The highest BCUT2D eigenvalue weighted by molar-refractivity contribution is 5.90. The number of nitrogens with one attached hydrogen (secondary N) is 1. The minimum Gasteiger partial charge on any atom is -0.447 e. The molecule has 1 N–H and O–H groups in total. The first-order valence-electron chi connectivity index (χ1n) is 7.55. The third kappa shape index (κ3) is 3.90. The maximum Gasteiger partial charge on any atom is 0.433 e. The van der Waals surface area contributed by atoms with Crippen molar-refractivity contribution in [2.75, 3.05) is 0 Å². The molecule has 0 spiro atoms. The van der Waals surface area contributed by atoms with Crippen molar-refractivity contribution in [3.63, 3.8) is 0 Å². The SMILES string of the molecule is C[C@@H](OC(=O)c1ccc([N+](=O)[O-])o1)C(=O)NC1(C#N)CCCCC1. The van der Waals surface area contributed by atoms with Crippen LogP contribution in [0.2, 0.25) is 0 Å². The number of nitriles is 1. The Hall–Kier alpha value is -2.89. The minimum absolute atomic E-state index is 0.367. The van der Waals surface area contributed by atoms with E-state index in [9.17, 15) is 25.0 Å². The van der Waals surface area contributed by atoms with Crippen molar-refractivity contribution in [3.8, 4) is 6.07 Å². The Morgan fingerprint density at radius 2 is 2.08 bits per heavy atom. The molecule has 9 nitrogen and oxygen atoms in total. The van der Waals surface area contributed by atoms with Crippen LogP contribution in [0.25, 0.3) is 0 Å². The number of hydrogen-bond acceptors (Lipinski definition) is 7. The van der Waals surface area contributed by atoms with E-state index in [1.54, 1.807) is 0 Å². The summed E-state index contributed by atoms with van der Waals surface area (Å²) in [6, 6.07) is 4.26. The first-order chi connectivity index (χ1) is 11.4. The van der Waals surface area contributed by atoms with Crippen molar-refractivity contribution in [1.29, 1.82) is 5.26 Å². The van der Waals surface area contributed by atoms with Crippen LogP contribution in [0.4, 0.5) is 5.88 Å². The number of ether oxygens (including phenoxy) is 1. The maximum absolute atomic E-state index is 12.2. The lowest BCUT2D eigenvalue weighted by atomic mass is 9.83. The fourth-order valence-electron chi connectivity index (χ4n) is 2.57. The van der Waals surface area contributed by atoms with Gasteiger partial charge in [0.15, 0.2) is 6.10 Å². The Balaban J connectivity index is 1.96. The molecule has 0 radical (unpaired) electrons. The maximum atomic E-state index is 12.2. The molecule has 1 amide bonds. The first kappa shape index (κ1) is 17.5. The molecule has 1 aliphatic carbocycles. The number of carbonyl (C=O) groups excluding carboxylic acids is 2. The van der Waals surface area contributed by atoms with Crippen molar-refractivity contribution in [1.82, 2.24) is 5.32 Å². The molecular formula is C15H17N3O6. The highest BCUT2D eigenvalue weighted by atomic mass is 16.7. The largest absolute Gasteiger partial charge is 0.447 e. The molecule has 24 heavy (non-hydrogen) atoms. The Morgan fingerprint density at radius 3 is 2.62 bits per heavy atom. The molecule has 9 heteroatoms. The molecule has 1 aromatic rings. The van der Waals surface area contributed by atoms with Gasteiger partial charge in [0.25, 0.3) is 5.91 Å². The van der Waals surface area contributed by atoms with Gasteiger partial charge < -0.3 is 14.5 Å². The molecule has 1 aliphatic rings. The average Bonchev–Trinajstić information content (AvgIpc) is 3.06. The van der Waals surface area contributed by atoms with E-state index in [2.05, 4.69) is 11.4 Å². The third-order valence-electron chi connectivity index (χ3n) is 3.91. The van der Waals surface area contributed by atoms with E-state index in [-0.39, 0.29) is 5.76 Å². The molecule has 1 fully saturated rings. The summed E-state index contributed by atoms with van der Waals surface area (Å²) in [4.78, 5) is 33.8. The predicted molar refractivity (Wildman–Crippen MR) is 79.8 cm³/mol. The molecule has 1 heterocycles. The summed E-state index contributed by atoms with van der Waals surface area (Å²) < 4.78 is 9.67. The van der Waals surface area contributed by atoms with E-state index >= 15 is 0 Å². The van der Waals surface area contributed by atoms with Crippen LogP contribution < -0.4 is 5.32 Å². The zero-order chi connectivity index (χ0) is 17.7. The lowest BCUT2D eigenvalue weighted by Gasteiger charge is -2.32. The molecule has 0 unspecified atom stereocenters. The molecule has 2 rings (SSSR count). The van der Waals surface area contributed by atoms with Gasteiger partial charge in [-0.25, -0.2) is 4.79 Å². The van der Waals surface area contributed by atoms with Crippen LogP contribution in [0.1, 0.15) is 49.6 Å². The summed E-state index contributed by atoms with van der Waals surface area (Å²) in [5, 5.41) is 22.5. The van der Waals surface area contributed by atoms with Gasteiger partial charge in [-0.05, 0) is 25.8 Å². The second-order valence-corrected chi connectivity index (χ2v) is 5.69. The molecular weight excluding hydrogens is 318 g/mol. The molecule has 1 atom stereocenters. The molecule has 0 bridgehead atoms. The van der Waals surface area contributed by atoms with Gasteiger partial charge in [0, 0.05) is 0 Å². The van der Waals surface area contributed by atoms with Crippen molar-refractivity contribution in [2.24, 2.45) is 0 Å². The van der Waals surface area contributed by atoms with Crippen LogP contribution in [0.15, 0.2) is 16.5 Å². The van der Waals surface area contributed by atoms with Gasteiger partial charge in [-0.15, -0.1) is 0 Å². The zero-order valence-corrected chi connectivity index (χ0v) is 13.1. The predicted octanol–water partition coefficient (Wildman–Crippen LogP) is 2.08. The summed E-state index contributed by atoms with van der Waals surface area (Å²) in [6.07, 6.45) is 2.66. The highest BCUT2D eigenvalue weighted by Crippen LogP contribution is 2.27. The van der Waals surface area contributed by atoms with Gasteiger partial charge in [0.2, 0.25) is 5.76 Å². The van der Waals surface area contributed by atoms with Crippen LogP contribution in [-0.4, -0.2) is 28.4 Å². The number of nitro groups is 1. The fraction of sp³-hybridized carbons (Fsp3) is 0.533. The van der Waals surface area contributed by atoms with E-state index < -0.39 is 34.3 Å². The number of amides is 1. The number of hydrogen-bond donors (Lipinski definition) is 1. The fourth-order valence-corrected chi connectivity index (χ4v) is 2.57. The number of carbonyl (C=O) groups is 2. The number of esters is 1. The van der Waals surface area contributed by atoms with Gasteiger partial charge in [-0.1, -0.05) is 19.3 Å². The van der Waals surface area contributed by atoms with Crippen molar-refractivity contribution in [3.05, 3.63) is 28.0 Å². The van der Waals surface area contributed by atoms with E-state index in [1.807, 2.05) is 0 Å². The van der Waals surface area contributed by atoms with E-state index in [4.69, 9.17) is 9.15 Å². The summed E-state index contributed by atoms with van der Waals surface area (Å²) >= 11 is 0. The first-order valence-corrected chi connectivity index (χ1v) is 7.55. The number of rotatable bonds is 5. The normalized spacial score (nSPS) is 17.3. The summed E-state index contributed by atoms with van der Waals surface area (Å²) in [5.74, 6) is -2.54. The van der Waals surface area contributed by atoms with Crippen LogP contribution in [0, 0.1) is 21.4 Å². The summed E-state index contributed by atoms with van der Waals surface area (Å²) in [6.45, 7) is 1.36. The van der Waals surface area contributed by atoms with Crippen LogP contribution in [-0.2, 0) is 9.53 Å². The molecule has 1 saturated carbocycles. The lowest BCUT2D eigenvalue weighted by Crippen LogP contribution is -2.52. The Bertz CT molecular complexity index is 684. The smallest absolute Gasteiger partial charge is 0.433 e. The standard InChI is InChI=1S/C15H17N3O6/c1-10(13(19)17-15(9-16)7-3-2-4-8-15)23-14(20)11-5-6-12(24-11)18(21)22/h5-6,10H,2-4,7-8H2,1H3,(H,17,19)/t10-/m1/s1. The summed E-state index contributed by atoms with van der Waals surface area (Å²) in [5.41, 5.74) is -0.931. The lowest BCUT2D eigenvalue weighted by molar-refractivity contribution is -0.402. The second-order valence-electron chi connectivity index (χ2n) is 5.69. The molecule has 0 aromatic carbocycles. The van der Waals surface area contributed by atoms with Gasteiger partial charge in [-0.2, -0.15) is 5.26 Å². The molecule has 1 aromatic heterocycles. The van der Waals surface area contributed by atoms with Crippen molar-refractivity contribution < 1.29 is 23.7 Å². The number of nitrogens with zero attached hydrogens (tertiary/aromatic N) is 2. The monoisotopic (exact) mass is 335 g/mol. The van der Waals surface area contributed by atoms with Crippen molar-refractivity contribution >= 4 is 17.8 Å². The van der Waals surface area contributed by atoms with Gasteiger partial charge in [0.05, 0.1) is 12.1 Å². The Kier molecular flexibility index (Phi) is 5.18. The van der Waals surface area contributed by atoms with Gasteiger partial charge >= 0.3 is 11.9 Å². The van der Waals surface area contributed by atoms with Crippen LogP contribution in [0.5, 0.6) is 0 Å². The topological polar surface area (TPSA) is 135 Å². The van der Waals surface area contributed by atoms with Gasteiger partial charge in [-0.3, -0.25) is 14.9 Å². The molecule has 0 saturated heterocycles.